The van der Waals surface area contributed by atoms with Crippen molar-refractivity contribution in [3.8, 4) is 0 Å². The molecule has 3 aromatic rings. The van der Waals surface area contributed by atoms with Gasteiger partial charge < -0.3 is 24.3 Å². The van der Waals surface area contributed by atoms with Crippen LogP contribution in [0, 0.1) is 0 Å². The Morgan fingerprint density at radius 1 is 0.820 bits per heavy atom. The Morgan fingerprint density at radius 3 is 2.14 bits per heavy atom. The zero-order chi connectivity index (χ0) is 35.8. The van der Waals surface area contributed by atoms with Gasteiger partial charge >= 0.3 is 5.97 Å². The van der Waals surface area contributed by atoms with Gasteiger partial charge in [0.1, 0.15) is 11.1 Å². The van der Waals surface area contributed by atoms with Gasteiger partial charge in [0.05, 0.1) is 17.9 Å². The number of hydrogen-bond acceptors (Lipinski definition) is 8. The Balaban J connectivity index is 1.13. The number of amides is 2. The highest BCUT2D eigenvalue weighted by atomic mass is 16.6. The van der Waals surface area contributed by atoms with Crippen molar-refractivity contribution in [2.24, 2.45) is 0 Å². The number of nitrogens with zero attached hydrogens (tertiary/aromatic N) is 6. The first-order valence-electron chi connectivity index (χ1n) is 17.7. The van der Waals surface area contributed by atoms with Gasteiger partial charge in [0.25, 0.3) is 5.91 Å². The smallest absolute Gasteiger partial charge is 0.338 e. The number of ether oxygens (including phenoxy) is 1. The molecule has 0 bridgehead atoms. The second kappa shape index (κ2) is 13.8. The van der Waals surface area contributed by atoms with Crippen molar-refractivity contribution in [3.63, 3.8) is 0 Å². The van der Waals surface area contributed by atoms with Crippen molar-refractivity contribution in [1.29, 1.82) is 0 Å². The molecule has 6 rings (SSSR count). The first kappa shape index (κ1) is 35.6. The first-order valence-corrected chi connectivity index (χ1v) is 17.7. The molecule has 10 heteroatoms. The highest BCUT2D eigenvalue weighted by Crippen LogP contribution is 2.45. The molecule has 0 atom stereocenters. The maximum absolute atomic E-state index is 14.4. The maximum Gasteiger partial charge on any atom is 0.338 e. The molecule has 0 aromatic heterocycles. The summed E-state index contributed by atoms with van der Waals surface area (Å²) in [5.41, 5.74) is 2.36. The molecule has 266 valence electrons. The number of hydrogen-bond donors (Lipinski definition) is 0. The summed E-state index contributed by atoms with van der Waals surface area (Å²) in [6.07, 6.45) is 2.26. The van der Waals surface area contributed by atoms with Crippen LogP contribution in [0.2, 0.25) is 0 Å². The number of fused-ring (bicyclic) bond motifs is 1. The predicted octanol–water partition coefficient (Wildman–Crippen LogP) is 5.00. The predicted molar refractivity (Wildman–Crippen MR) is 197 cm³/mol. The molecule has 3 aliphatic rings. The van der Waals surface area contributed by atoms with E-state index < -0.39 is 16.8 Å². The largest absolute Gasteiger partial charge is 0.456 e. The van der Waals surface area contributed by atoms with Crippen molar-refractivity contribution < 1.29 is 19.1 Å². The van der Waals surface area contributed by atoms with Gasteiger partial charge in [0, 0.05) is 37.4 Å². The van der Waals surface area contributed by atoms with Gasteiger partial charge in [-0.3, -0.25) is 19.4 Å². The average molecular weight is 681 g/mol. The fourth-order valence-electron chi connectivity index (χ4n) is 8.18. The van der Waals surface area contributed by atoms with E-state index in [1.54, 1.807) is 6.07 Å². The molecular formula is C40H52N6O4. The van der Waals surface area contributed by atoms with Crippen LogP contribution in [0.1, 0.15) is 61.5 Å². The number of para-hydroxylation sites is 2. The molecule has 3 heterocycles. The summed E-state index contributed by atoms with van der Waals surface area (Å²) < 4.78 is 5.59. The Labute approximate surface area is 297 Å². The van der Waals surface area contributed by atoms with Crippen LogP contribution in [0.4, 0.5) is 11.4 Å². The summed E-state index contributed by atoms with van der Waals surface area (Å²) in [7, 11) is 7.86. The van der Waals surface area contributed by atoms with Crippen molar-refractivity contribution in [1.82, 2.24) is 19.6 Å². The standard InChI is InChI=1S/C40H52N6O4/c1-38(2,3)50-35(47)31-16-13-15-30(27-31)28-44-29-46(32-17-9-8-10-18-32)39(36(44)48)21-25-43(26-22-39)23-14-24-45-34-20-12-11-19-33(34)40(37(45)49,41(4)5)42(6)7/h8-13,15-20,27H,14,21-26,28-29H2,1-7H3. The molecule has 10 nitrogen and oxygen atoms in total. The topological polar surface area (TPSA) is 79.9 Å². The molecule has 0 radical (unpaired) electrons. The van der Waals surface area contributed by atoms with E-state index >= 15 is 0 Å². The second-order valence-corrected chi connectivity index (χ2v) is 15.3. The lowest BCUT2D eigenvalue weighted by Crippen LogP contribution is -2.59. The normalized spacial score (nSPS) is 18.9. The summed E-state index contributed by atoms with van der Waals surface area (Å²) in [6, 6.07) is 25.8. The quantitative estimate of drug-likeness (QED) is 0.219. The van der Waals surface area contributed by atoms with E-state index in [0.29, 0.717) is 38.2 Å². The summed E-state index contributed by atoms with van der Waals surface area (Å²) in [5, 5.41) is 0. The molecule has 0 unspecified atom stereocenters. The summed E-state index contributed by atoms with van der Waals surface area (Å²) in [5.74, 6) is -0.153. The molecule has 0 aliphatic carbocycles. The number of esters is 1. The third kappa shape index (κ3) is 6.40. The number of carbonyl (C=O) groups is 3. The van der Waals surface area contributed by atoms with E-state index in [0.717, 1.165) is 48.6 Å². The lowest BCUT2D eigenvalue weighted by Gasteiger charge is -2.43. The molecule has 2 amide bonds. The van der Waals surface area contributed by atoms with Crippen LogP contribution in [0.3, 0.4) is 0 Å². The summed E-state index contributed by atoms with van der Waals surface area (Å²) in [4.78, 5) is 53.9. The lowest BCUT2D eigenvalue weighted by atomic mass is 9.85. The van der Waals surface area contributed by atoms with E-state index in [1.165, 1.54) is 0 Å². The molecule has 2 fully saturated rings. The van der Waals surface area contributed by atoms with Gasteiger partial charge in [-0.15, -0.1) is 0 Å². The minimum Gasteiger partial charge on any atom is -0.456 e. The number of rotatable bonds is 10. The first-order chi connectivity index (χ1) is 23.8. The second-order valence-electron chi connectivity index (χ2n) is 15.3. The Hall–Kier alpha value is -4.25. The van der Waals surface area contributed by atoms with Crippen LogP contribution in [-0.4, -0.2) is 110 Å². The fourth-order valence-corrected chi connectivity index (χ4v) is 8.18. The Morgan fingerprint density at radius 2 is 1.48 bits per heavy atom. The van der Waals surface area contributed by atoms with E-state index in [9.17, 15) is 14.4 Å². The maximum atomic E-state index is 14.4. The zero-order valence-electron chi connectivity index (χ0n) is 30.7. The van der Waals surface area contributed by atoms with E-state index in [-0.39, 0.29) is 17.8 Å². The molecule has 3 aromatic carbocycles. The van der Waals surface area contributed by atoms with Gasteiger partial charge in [-0.25, -0.2) is 4.79 Å². The van der Waals surface area contributed by atoms with Gasteiger partial charge in [-0.2, -0.15) is 0 Å². The Kier molecular flexibility index (Phi) is 9.83. The molecule has 1 spiro atoms. The van der Waals surface area contributed by atoms with Crippen LogP contribution in [0.25, 0.3) is 0 Å². The van der Waals surface area contributed by atoms with Crippen molar-refractivity contribution in [2.75, 3.05) is 70.8 Å². The van der Waals surface area contributed by atoms with Gasteiger partial charge in [-0.1, -0.05) is 48.5 Å². The number of benzene rings is 3. The highest BCUT2D eigenvalue weighted by molar-refractivity contribution is 6.07. The summed E-state index contributed by atoms with van der Waals surface area (Å²) >= 11 is 0. The van der Waals surface area contributed by atoms with E-state index in [4.69, 9.17) is 4.74 Å². The molecule has 0 N–H and O–H groups in total. The third-order valence-corrected chi connectivity index (χ3v) is 10.5. The highest BCUT2D eigenvalue weighted by Gasteiger charge is 2.55. The summed E-state index contributed by atoms with van der Waals surface area (Å²) in [6.45, 7) is 9.53. The third-order valence-electron chi connectivity index (χ3n) is 10.5. The van der Waals surface area contributed by atoms with Gasteiger partial charge in [-0.05, 0) is 111 Å². The van der Waals surface area contributed by atoms with Crippen LogP contribution in [0.15, 0.2) is 78.9 Å². The van der Waals surface area contributed by atoms with Crippen molar-refractivity contribution in [2.45, 2.75) is 63.4 Å². The number of likely N-dealkylation sites (N-methyl/N-ethyl adjacent to an activating group) is 2. The van der Waals surface area contributed by atoms with Gasteiger partial charge in [0.15, 0.2) is 5.66 Å². The Bertz CT molecular complexity index is 1700. The number of anilines is 2. The minimum atomic E-state index is -0.833. The monoisotopic (exact) mass is 680 g/mol. The molecule has 50 heavy (non-hydrogen) atoms. The van der Waals surface area contributed by atoms with Gasteiger partial charge in [0.2, 0.25) is 5.91 Å². The number of likely N-dealkylation sites (tertiary alicyclic amines) is 1. The van der Waals surface area contributed by atoms with Crippen LogP contribution in [-0.2, 0) is 26.5 Å². The van der Waals surface area contributed by atoms with Crippen molar-refractivity contribution in [3.05, 3.63) is 95.6 Å². The van der Waals surface area contributed by atoms with Crippen molar-refractivity contribution >= 4 is 29.2 Å². The van der Waals surface area contributed by atoms with Crippen LogP contribution in [0.5, 0.6) is 0 Å². The van der Waals surface area contributed by atoms with E-state index in [1.807, 2.05) is 117 Å². The van der Waals surface area contributed by atoms with E-state index in [2.05, 4.69) is 34.1 Å². The molecule has 0 saturated carbocycles. The lowest BCUT2D eigenvalue weighted by molar-refractivity contribution is -0.139. The number of piperidine rings is 1. The average Bonchev–Trinajstić information content (AvgIpc) is 3.49. The SMILES string of the molecule is CN(C)C1(N(C)C)C(=O)N(CCCN2CCC3(CC2)C(=O)N(Cc2cccc(C(=O)OC(C)(C)C)c2)CN3c2ccccc2)c2ccccc21. The van der Waals surface area contributed by atoms with Crippen LogP contribution < -0.4 is 9.80 Å². The number of carbonyl (C=O) groups excluding carboxylic acids is 3. The van der Waals surface area contributed by atoms with Crippen LogP contribution >= 0.6 is 0 Å². The molecule has 2 saturated heterocycles. The minimum absolute atomic E-state index is 0.0816. The molecular weight excluding hydrogens is 628 g/mol. The molecule has 3 aliphatic heterocycles. The fraction of sp³-hybridized carbons (Fsp3) is 0.475. The zero-order valence-corrected chi connectivity index (χ0v) is 30.7.